The summed E-state index contributed by atoms with van der Waals surface area (Å²) >= 11 is 0. The van der Waals surface area contributed by atoms with E-state index in [4.69, 9.17) is 14.6 Å². The topological polar surface area (TPSA) is 90.4 Å². The lowest BCUT2D eigenvalue weighted by molar-refractivity contribution is -0.139. The molecule has 3 atom stereocenters. The first-order chi connectivity index (χ1) is 15.9. The number of benzene rings is 1. The molecule has 182 valence electrons. The van der Waals surface area contributed by atoms with Crippen molar-refractivity contribution in [3.05, 3.63) is 35.4 Å². The van der Waals surface area contributed by atoms with Crippen molar-refractivity contribution in [1.29, 1.82) is 0 Å². The van der Waals surface area contributed by atoms with Crippen LogP contribution in [-0.2, 0) is 19.1 Å². The van der Waals surface area contributed by atoms with Gasteiger partial charge in [-0.1, -0.05) is 24.3 Å². The van der Waals surface area contributed by atoms with Crippen LogP contribution in [0.1, 0.15) is 36.9 Å². The average Bonchev–Trinajstić information content (AvgIpc) is 3.37. The second-order valence-corrected chi connectivity index (χ2v) is 9.33. The molecule has 1 N–H and O–H groups in total. The summed E-state index contributed by atoms with van der Waals surface area (Å²) in [5.41, 5.74) is 2.47. The number of nitrogens with zero attached hydrogens (tertiary/aromatic N) is 3. The Morgan fingerprint density at radius 1 is 1.15 bits per heavy atom. The second-order valence-electron chi connectivity index (χ2n) is 9.33. The number of hydrogen-bond donors (Lipinski definition) is 1. The van der Waals surface area contributed by atoms with Gasteiger partial charge in [-0.3, -0.25) is 14.4 Å². The van der Waals surface area contributed by atoms with Crippen LogP contribution in [0.15, 0.2) is 24.3 Å². The van der Waals surface area contributed by atoms with Gasteiger partial charge in [0, 0.05) is 44.0 Å². The molecule has 0 radical (unpaired) electrons. The van der Waals surface area contributed by atoms with E-state index in [0.717, 1.165) is 39.0 Å². The van der Waals surface area contributed by atoms with Gasteiger partial charge in [-0.25, -0.2) is 0 Å². The molecule has 0 unspecified atom stereocenters. The molecule has 3 aliphatic rings. The van der Waals surface area contributed by atoms with Crippen LogP contribution < -0.4 is 0 Å². The smallest absolute Gasteiger partial charge is 0.290 e. The third-order valence-corrected chi connectivity index (χ3v) is 7.30. The lowest BCUT2D eigenvalue weighted by Crippen LogP contribution is -2.43. The highest BCUT2D eigenvalue weighted by Crippen LogP contribution is 2.46. The molecule has 8 heteroatoms. The molecular weight excluding hydrogens is 422 g/mol. The number of fused-ring (bicyclic) bond motifs is 1. The summed E-state index contributed by atoms with van der Waals surface area (Å²) in [5, 5.41) is 6.89. The summed E-state index contributed by atoms with van der Waals surface area (Å²) in [4.78, 5) is 40.9. The number of carbonyl (C=O) groups excluding carboxylic acids is 2. The zero-order valence-corrected chi connectivity index (χ0v) is 20.0. The van der Waals surface area contributed by atoms with Crippen LogP contribution >= 0.6 is 0 Å². The number of rotatable bonds is 5. The van der Waals surface area contributed by atoms with E-state index in [0.29, 0.717) is 30.9 Å². The van der Waals surface area contributed by atoms with Gasteiger partial charge in [0.05, 0.1) is 6.04 Å². The Bertz CT molecular complexity index is 824. The van der Waals surface area contributed by atoms with Crippen molar-refractivity contribution in [3.8, 4) is 0 Å². The Hall–Kier alpha value is -2.45. The number of likely N-dealkylation sites (tertiary alicyclic amines) is 3. The first kappa shape index (κ1) is 25.2. The van der Waals surface area contributed by atoms with Gasteiger partial charge in [-0.15, -0.1) is 0 Å². The van der Waals surface area contributed by atoms with E-state index >= 15 is 0 Å². The Labute approximate surface area is 196 Å². The Kier molecular flexibility index (Phi) is 8.86. The highest BCUT2D eigenvalue weighted by molar-refractivity contribution is 5.81. The molecule has 1 aromatic carbocycles. The zero-order valence-electron chi connectivity index (χ0n) is 20.0. The summed E-state index contributed by atoms with van der Waals surface area (Å²) < 4.78 is 5.35. The van der Waals surface area contributed by atoms with Crippen LogP contribution in [0, 0.1) is 24.7 Å². The molecule has 3 saturated heterocycles. The van der Waals surface area contributed by atoms with Gasteiger partial charge in [0.15, 0.2) is 0 Å². The van der Waals surface area contributed by atoms with Crippen molar-refractivity contribution in [2.75, 3.05) is 53.0 Å². The van der Waals surface area contributed by atoms with Crippen molar-refractivity contribution in [2.24, 2.45) is 17.8 Å². The van der Waals surface area contributed by atoms with Crippen LogP contribution in [-0.4, -0.2) is 91.1 Å². The Balaban J connectivity index is 0.000000968. The molecule has 4 rings (SSSR count). The highest BCUT2D eigenvalue weighted by atomic mass is 16.5. The summed E-state index contributed by atoms with van der Waals surface area (Å²) in [7, 11) is 2.13. The number of ether oxygens (including phenoxy) is 1. The summed E-state index contributed by atoms with van der Waals surface area (Å²) in [6.45, 7) is 8.69. The number of hydrogen-bond acceptors (Lipinski definition) is 5. The fourth-order valence-electron chi connectivity index (χ4n) is 5.56. The summed E-state index contributed by atoms with van der Waals surface area (Å²) in [6, 6.07) is 8.49. The lowest BCUT2D eigenvalue weighted by atomic mass is 9.87. The zero-order chi connectivity index (χ0) is 24.0. The van der Waals surface area contributed by atoms with E-state index in [1.54, 1.807) is 0 Å². The number of carbonyl (C=O) groups is 3. The van der Waals surface area contributed by atoms with Crippen LogP contribution in [0.3, 0.4) is 0 Å². The molecule has 8 nitrogen and oxygen atoms in total. The summed E-state index contributed by atoms with van der Waals surface area (Å²) in [5.74, 6) is 1.16. The Morgan fingerprint density at radius 2 is 1.82 bits per heavy atom. The minimum Gasteiger partial charge on any atom is -0.483 e. The van der Waals surface area contributed by atoms with E-state index < -0.39 is 0 Å². The predicted molar refractivity (Wildman–Crippen MR) is 125 cm³/mol. The monoisotopic (exact) mass is 459 g/mol. The third kappa shape index (κ3) is 5.73. The van der Waals surface area contributed by atoms with Gasteiger partial charge in [0.1, 0.15) is 6.61 Å². The molecule has 2 amide bonds. The number of aryl methyl sites for hydroxylation is 1. The van der Waals surface area contributed by atoms with Gasteiger partial charge in [-0.2, -0.15) is 0 Å². The quantitative estimate of drug-likeness (QED) is 0.678. The predicted octanol–water partition coefficient (Wildman–Crippen LogP) is 2.03. The van der Waals surface area contributed by atoms with Crippen LogP contribution in [0.4, 0.5) is 0 Å². The molecule has 0 bridgehead atoms. The van der Waals surface area contributed by atoms with Crippen molar-refractivity contribution in [2.45, 2.75) is 32.7 Å². The average molecular weight is 460 g/mol. The largest absolute Gasteiger partial charge is 0.483 e. The molecule has 1 aromatic rings. The minimum absolute atomic E-state index is 0.0632. The maximum absolute atomic E-state index is 13.6. The van der Waals surface area contributed by atoms with Crippen molar-refractivity contribution >= 4 is 18.3 Å². The Morgan fingerprint density at radius 3 is 2.45 bits per heavy atom. The van der Waals surface area contributed by atoms with Gasteiger partial charge in [-0.05, 0) is 58.0 Å². The maximum Gasteiger partial charge on any atom is 0.290 e. The van der Waals surface area contributed by atoms with E-state index in [9.17, 15) is 9.59 Å². The first-order valence-corrected chi connectivity index (χ1v) is 11.9. The third-order valence-electron chi connectivity index (χ3n) is 7.30. The fraction of sp³-hybridized carbons (Fsp3) is 0.640. The van der Waals surface area contributed by atoms with E-state index in [2.05, 4.69) is 48.0 Å². The van der Waals surface area contributed by atoms with Crippen molar-refractivity contribution in [3.63, 3.8) is 0 Å². The fourth-order valence-corrected chi connectivity index (χ4v) is 5.56. The van der Waals surface area contributed by atoms with Crippen LogP contribution in [0.2, 0.25) is 0 Å². The van der Waals surface area contributed by atoms with E-state index in [-0.39, 0.29) is 30.9 Å². The molecule has 3 heterocycles. The lowest BCUT2D eigenvalue weighted by Gasteiger charge is -2.36. The number of piperidine rings is 1. The van der Waals surface area contributed by atoms with Gasteiger partial charge in [0.2, 0.25) is 11.8 Å². The van der Waals surface area contributed by atoms with Gasteiger partial charge >= 0.3 is 0 Å². The summed E-state index contributed by atoms with van der Waals surface area (Å²) in [6.07, 6.45) is 1.89. The minimum atomic E-state index is -0.250. The number of amides is 2. The van der Waals surface area contributed by atoms with Gasteiger partial charge < -0.3 is 24.5 Å². The molecule has 0 aliphatic carbocycles. The molecule has 0 spiro atoms. The van der Waals surface area contributed by atoms with Crippen LogP contribution in [0.25, 0.3) is 0 Å². The first-order valence-electron chi connectivity index (χ1n) is 11.9. The second kappa shape index (κ2) is 11.6. The van der Waals surface area contributed by atoms with Crippen molar-refractivity contribution < 1.29 is 24.2 Å². The van der Waals surface area contributed by atoms with E-state index in [1.807, 2.05) is 11.8 Å². The SMILES string of the molecule is CCOCC(=O)N1C[C@H]2CN(C(=O)C3CCN(C)CC3)[C@H](c3ccccc3C)[C@H]2C1.O=CO. The maximum atomic E-state index is 13.6. The molecule has 3 aliphatic heterocycles. The molecule has 0 aromatic heterocycles. The van der Waals surface area contributed by atoms with Crippen molar-refractivity contribution in [1.82, 2.24) is 14.7 Å². The normalized spacial score (nSPS) is 25.4. The van der Waals surface area contributed by atoms with Crippen LogP contribution in [0.5, 0.6) is 0 Å². The molecule has 33 heavy (non-hydrogen) atoms. The number of carboxylic acid groups (broad SMARTS) is 1. The molecule has 0 saturated carbocycles. The molecule has 3 fully saturated rings. The standard InChI is InChI=1S/C24H35N3O3.CH2O2/c1-4-30-16-22(28)26-13-19-14-27(24(29)18-9-11-25(3)12-10-18)23(21(19)15-26)20-8-6-5-7-17(20)2;2-1-3/h5-8,18-19,21,23H,4,9-16H2,1-3H3;1H,(H,2,3)/t19-,21-,23+;/m0./s1. The molecular formula is C25H37N3O5. The van der Waals surface area contributed by atoms with Gasteiger partial charge in [0.25, 0.3) is 6.47 Å². The van der Waals surface area contributed by atoms with E-state index in [1.165, 1.54) is 11.1 Å². The highest BCUT2D eigenvalue weighted by Gasteiger charge is 2.51.